The molecule has 38 heavy (non-hydrogen) atoms. The zero-order chi connectivity index (χ0) is 27.9. The van der Waals surface area contributed by atoms with Gasteiger partial charge >= 0.3 is 11.9 Å². The second-order valence-electron chi connectivity index (χ2n) is 15.6. The molecule has 5 fully saturated rings. The van der Waals surface area contributed by atoms with Crippen LogP contribution in [-0.2, 0) is 23.9 Å². The van der Waals surface area contributed by atoms with E-state index in [2.05, 4.69) is 34.6 Å². The van der Waals surface area contributed by atoms with Gasteiger partial charge in [0.25, 0.3) is 0 Å². The Morgan fingerprint density at radius 3 is 2.05 bits per heavy atom. The molecule has 0 amide bonds. The molecule has 0 unspecified atom stereocenters. The Bertz CT molecular complexity index is 1000. The van der Waals surface area contributed by atoms with Crippen LogP contribution < -0.4 is 0 Å². The monoisotopic (exact) mass is 528 g/mol. The van der Waals surface area contributed by atoms with Gasteiger partial charge in [-0.15, -0.1) is 0 Å². The normalized spacial score (nSPS) is 49.1. The van der Waals surface area contributed by atoms with Crippen LogP contribution in [0.25, 0.3) is 0 Å². The van der Waals surface area contributed by atoms with Crippen LogP contribution in [0.4, 0.5) is 0 Å². The number of Topliss-reactive ketones (excluding diaryl/α,β-unsaturated/α-hetero) is 1. The molecule has 5 saturated carbocycles. The number of ether oxygens (including phenoxy) is 2. The molecule has 0 N–H and O–H groups in total. The van der Waals surface area contributed by atoms with E-state index in [-0.39, 0.29) is 51.0 Å². The SMILES string of the molecule is CC(=O)OC[C@@]12CC[C@H](C(C)=O)[C@H]1[C@@H]1CC[C@@H]3[C@]4(C)CC[C@H](OC(C)=O)C(C)(C)[C@@H]4CC[C@]3(C)[C@@]1(C)CC2. The molecule has 0 saturated heterocycles. The number of carbonyl (C=O) groups excluding carboxylic acids is 3. The molecular weight excluding hydrogens is 476 g/mol. The number of carbonyl (C=O) groups is 3. The lowest BCUT2D eigenvalue weighted by atomic mass is 9.32. The zero-order valence-corrected chi connectivity index (χ0v) is 25.3. The van der Waals surface area contributed by atoms with Gasteiger partial charge in [0, 0.05) is 30.6 Å². The molecule has 10 atom stereocenters. The molecule has 0 aromatic rings. The third-order valence-electron chi connectivity index (χ3n) is 13.9. The maximum absolute atomic E-state index is 13.0. The van der Waals surface area contributed by atoms with Crippen LogP contribution in [0.2, 0.25) is 0 Å². The van der Waals surface area contributed by atoms with E-state index in [0.29, 0.717) is 36.1 Å². The second-order valence-corrected chi connectivity index (χ2v) is 15.6. The van der Waals surface area contributed by atoms with Gasteiger partial charge in [-0.25, -0.2) is 0 Å². The minimum absolute atomic E-state index is 0.000688. The Morgan fingerprint density at radius 2 is 1.42 bits per heavy atom. The number of hydrogen-bond acceptors (Lipinski definition) is 5. The lowest BCUT2D eigenvalue weighted by molar-refractivity contribution is -0.252. The van der Waals surface area contributed by atoms with Gasteiger partial charge < -0.3 is 9.47 Å². The number of rotatable bonds is 4. The molecule has 0 bridgehead atoms. The smallest absolute Gasteiger partial charge is 0.302 e. The fourth-order valence-electron chi connectivity index (χ4n) is 12.1. The van der Waals surface area contributed by atoms with Crippen molar-refractivity contribution in [3.8, 4) is 0 Å². The summed E-state index contributed by atoms with van der Waals surface area (Å²) in [6.45, 7) is 17.8. The van der Waals surface area contributed by atoms with Crippen LogP contribution in [0.15, 0.2) is 0 Å². The van der Waals surface area contributed by atoms with Crippen molar-refractivity contribution in [3.63, 3.8) is 0 Å². The van der Waals surface area contributed by atoms with E-state index in [1.807, 2.05) is 0 Å². The fraction of sp³-hybridized carbons (Fsp3) is 0.909. The van der Waals surface area contributed by atoms with E-state index in [1.165, 1.54) is 32.6 Å². The molecule has 0 radical (unpaired) electrons. The lowest BCUT2D eigenvalue weighted by Crippen LogP contribution is -2.67. The zero-order valence-electron chi connectivity index (χ0n) is 25.3. The molecule has 0 heterocycles. The van der Waals surface area contributed by atoms with Crippen LogP contribution in [0.5, 0.6) is 0 Å². The van der Waals surface area contributed by atoms with E-state index in [9.17, 15) is 14.4 Å². The van der Waals surface area contributed by atoms with Gasteiger partial charge in [0.05, 0.1) is 6.61 Å². The minimum Gasteiger partial charge on any atom is -0.465 e. The third kappa shape index (κ3) is 3.79. The molecule has 5 aliphatic carbocycles. The van der Waals surface area contributed by atoms with Crippen LogP contribution >= 0.6 is 0 Å². The summed E-state index contributed by atoms with van der Waals surface area (Å²) in [6, 6.07) is 0. The molecular formula is C33H52O5. The predicted octanol–water partition coefficient (Wildman–Crippen LogP) is 7.15. The van der Waals surface area contributed by atoms with Gasteiger partial charge in [-0.3, -0.25) is 14.4 Å². The van der Waals surface area contributed by atoms with Gasteiger partial charge in [-0.2, -0.15) is 0 Å². The first-order valence-corrected chi connectivity index (χ1v) is 15.4. The molecule has 5 aliphatic rings. The van der Waals surface area contributed by atoms with Crippen molar-refractivity contribution >= 4 is 17.7 Å². The lowest BCUT2D eigenvalue weighted by Gasteiger charge is -2.73. The standard InChI is InChI=1S/C33H52O5/c1-20(34)23-11-16-33(19-37-21(2)35)18-17-31(7)24(28(23)33)9-10-26-30(6)14-13-27(38-22(3)36)29(4,5)25(30)12-15-32(26,31)8/h23-28H,9-19H2,1-8H3/t23-,24+,25+,26-,27+,28+,30-,31+,32+,33+/m1/s1. The van der Waals surface area contributed by atoms with Crippen LogP contribution in [0.3, 0.4) is 0 Å². The first-order chi connectivity index (χ1) is 17.6. The summed E-state index contributed by atoms with van der Waals surface area (Å²) in [7, 11) is 0. The molecule has 5 nitrogen and oxygen atoms in total. The number of esters is 2. The van der Waals surface area contributed by atoms with Crippen molar-refractivity contribution in [2.45, 2.75) is 126 Å². The van der Waals surface area contributed by atoms with Crippen molar-refractivity contribution in [1.82, 2.24) is 0 Å². The third-order valence-corrected chi connectivity index (χ3v) is 13.9. The molecule has 0 spiro atoms. The maximum atomic E-state index is 13.0. The number of fused-ring (bicyclic) bond motifs is 7. The van der Waals surface area contributed by atoms with Crippen molar-refractivity contribution in [2.24, 2.45) is 56.7 Å². The van der Waals surface area contributed by atoms with E-state index in [1.54, 1.807) is 13.8 Å². The Balaban J connectivity index is 1.49. The minimum atomic E-state index is -0.202. The average Bonchev–Trinajstić information content (AvgIpc) is 3.20. The van der Waals surface area contributed by atoms with Crippen LogP contribution in [-0.4, -0.2) is 30.4 Å². The van der Waals surface area contributed by atoms with Gasteiger partial charge in [0.2, 0.25) is 0 Å². The van der Waals surface area contributed by atoms with Crippen LogP contribution in [0, 0.1) is 56.7 Å². The van der Waals surface area contributed by atoms with E-state index in [0.717, 1.165) is 38.5 Å². The first kappa shape index (κ1) is 28.1. The first-order valence-electron chi connectivity index (χ1n) is 15.4. The molecule has 5 rings (SSSR count). The van der Waals surface area contributed by atoms with Gasteiger partial charge in [0.1, 0.15) is 11.9 Å². The van der Waals surface area contributed by atoms with Gasteiger partial charge in [-0.1, -0.05) is 34.6 Å². The van der Waals surface area contributed by atoms with Gasteiger partial charge in [0.15, 0.2) is 0 Å². The highest BCUT2D eigenvalue weighted by Crippen LogP contribution is 2.77. The van der Waals surface area contributed by atoms with Crippen molar-refractivity contribution < 1.29 is 23.9 Å². The molecule has 0 aromatic carbocycles. The van der Waals surface area contributed by atoms with E-state index >= 15 is 0 Å². The Labute approximate surface area is 230 Å². The molecule has 214 valence electrons. The highest BCUT2D eigenvalue weighted by molar-refractivity contribution is 5.79. The second kappa shape index (κ2) is 9.06. The van der Waals surface area contributed by atoms with Crippen molar-refractivity contribution in [2.75, 3.05) is 6.61 Å². The average molecular weight is 529 g/mol. The van der Waals surface area contributed by atoms with Gasteiger partial charge in [-0.05, 0) is 111 Å². The Kier molecular flexibility index (Phi) is 6.71. The fourth-order valence-corrected chi connectivity index (χ4v) is 12.1. The molecule has 0 aliphatic heterocycles. The summed E-state index contributed by atoms with van der Waals surface area (Å²) in [6.07, 6.45) is 11.0. The topological polar surface area (TPSA) is 69.7 Å². The highest BCUT2D eigenvalue weighted by Gasteiger charge is 2.71. The summed E-state index contributed by atoms with van der Waals surface area (Å²) in [4.78, 5) is 36.8. The predicted molar refractivity (Wildman–Crippen MR) is 147 cm³/mol. The summed E-state index contributed by atoms with van der Waals surface area (Å²) in [5.41, 5.74) is 0.532. The summed E-state index contributed by atoms with van der Waals surface area (Å²) in [5.74, 6) is 2.05. The summed E-state index contributed by atoms with van der Waals surface area (Å²) < 4.78 is 11.6. The van der Waals surface area contributed by atoms with Crippen molar-refractivity contribution in [3.05, 3.63) is 0 Å². The molecule has 0 aromatic heterocycles. The van der Waals surface area contributed by atoms with E-state index < -0.39 is 0 Å². The van der Waals surface area contributed by atoms with E-state index in [4.69, 9.17) is 9.47 Å². The molecule has 5 heteroatoms. The largest absolute Gasteiger partial charge is 0.465 e. The highest BCUT2D eigenvalue weighted by atomic mass is 16.5. The Hall–Kier alpha value is -1.39. The van der Waals surface area contributed by atoms with Crippen molar-refractivity contribution in [1.29, 1.82) is 0 Å². The number of ketones is 1. The summed E-state index contributed by atoms with van der Waals surface area (Å²) in [5, 5.41) is 0. The maximum Gasteiger partial charge on any atom is 0.302 e. The number of hydrogen-bond donors (Lipinski definition) is 0. The van der Waals surface area contributed by atoms with Crippen LogP contribution in [0.1, 0.15) is 120 Å². The summed E-state index contributed by atoms with van der Waals surface area (Å²) >= 11 is 0. The Morgan fingerprint density at radius 1 is 0.711 bits per heavy atom. The quantitative estimate of drug-likeness (QED) is 0.362.